The molecule has 0 radical (unpaired) electrons. The van der Waals surface area contributed by atoms with Crippen molar-refractivity contribution in [3.05, 3.63) is 315 Å². The van der Waals surface area contributed by atoms with Crippen molar-refractivity contribution in [2.24, 2.45) is 0 Å². The van der Waals surface area contributed by atoms with Crippen molar-refractivity contribution in [3.8, 4) is 112 Å². The molecule has 0 N–H and O–H groups in total. The topological polar surface area (TPSA) is 61.4 Å². The van der Waals surface area contributed by atoms with Crippen molar-refractivity contribution in [1.29, 1.82) is 0 Å². The van der Waals surface area contributed by atoms with Gasteiger partial charge >= 0.3 is 0 Å². The van der Waals surface area contributed by atoms with Crippen molar-refractivity contribution < 1.29 is 8.78 Å². The van der Waals surface area contributed by atoms with Crippen LogP contribution in [-0.4, -0.2) is 29.1 Å². The monoisotopic (exact) mass is 1150 g/mol. The largest absolute Gasteiger partial charge is 0.309 e. The molecule has 0 amide bonds. The van der Waals surface area contributed by atoms with Gasteiger partial charge in [0.2, 0.25) is 0 Å². The summed E-state index contributed by atoms with van der Waals surface area (Å²) < 4.78 is 39.1. The average molecular weight is 1150 g/mol. The Bertz CT molecular complexity index is 5110. The Morgan fingerprint density at radius 1 is 0.258 bits per heavy atom. The molecule has 0 spiro atoms. The summed E-state index contributed by atoms with van der Waals surface area (Å²) >= 11 is 0. The average Bonchev–Trinajstić information content (AvgIpc) is 1.64. The minimum atomic E-state index is -0.677. The lowest BCUT2D eigenvalue weighted by Gasteiger charge is -2.21. The lowest BCUT2D eigenvalue weighted by molar-refractivity contribution is 0.589. The number of hydrogen-bond acceptors (Lipinski definition) is 4. The molecule has 0 fully saturated rings. The van der Waals surface area contributed by atoms with E-state index in [0.29, 0.717) is 11.3 Å². The van der Waals surface area contributed by atoms with Gasteiger partial charge in [0.25, 0.3) is 0 Å². The maximum Gasteiger partial charge on any atom is 0.134 e. The molecule has 6 aromatic heterocycles. The quantitative estimate of drug-likeness (QED) is 0.129. The summed E-state index contributed by atoms with van der Waals surface area (Å²) in [6.07, 6.45) is 7.42. The second-order valence-electron chi connectivity index (χ2n) is 22.5. The Hall–Kier alpha value is -11.7. The number of halogens is 2. The van der Waals surface area contributed by atoms with Crippen LogP contribution in [-0.2, 0) is 0 Å². The third-order valence-corrected chi connectivity index (χ3v) is 17.2. The normalized spacial score (nSPS) is 11.5. The zero-order valence-electron chi connectivity index (χ0n) is 48.2. The van der Waals surface area contributed by atoms with E-state index in [0.717, 1.165) is 144 Å². The predicted octanol–water partition coefficient (Wildman–Crippen LogP) is 21.1. The van der Waals surface area contributed by atoms with Crippen LogP contribution in [0.4, 0.5) is 8.78 Å². The zero-order valence-corrected chi connectivity index (χ0v) is 48.2. The van der Waals surface area contributed by atoms with Gasteiger partial charge in [-0.05, 0) is 154 Å². The Morgan fingerprint density at radius 2 is 0.551 bits per heavy atom. The fourth-order valence-corrected chi connectivity index (χ4v) is 12.8. The molecule has 0 aliphatic heterocycles. The first-order chi connectivity index (χ1) is 43.8. The lowest BCUT2D eigenvalue weighted by atomic mass is 9.98. The number of aryl methyl sites for hydroxylation is 1. The molecule has 6 nitrogen and oxygen atoms in total. The molecule has 16 aromatic rings. The van der Waals surface area contributed by atoms with Gasteiger partial charge in [0.1, 0.15) is 11.6 Å². The predicted molar refractivity (Wildman–Crippen MR) is 360 cm³/mol. The fourth-order valence-electron chi connectivity index (χ4n) is 12.8. The van der Waals surface area contributed by atoms with Gasteiger partial charge in [0.05, 0.1) is 56.1 Å². The SMILES string of the molecule is Cc1cc(-n2c3cc(-c4ccnc(-c5ccccc5)c4)ccc3c3ccc(-c4ccnc(-c5ccccc5)c4)cc32)c(-c2c(F)cccc2F)cc1-n1c2cc(-c3ccnc(-c4ccccc4)c3)ccc2c2ccc(-c3ccnc(-c4ccccc4)c3)cc21. The molecule has 420 valence electrons. The highest BCUT2D eigenvalue weighted by Crippen LogP contribution is 2.45. The number of rotatable bonds is 11. The minimum Gasteiger partial charge on any atom is -0.309 e. The molecule has 0 atom stereocenters. The van der Waals surface area contributed by atoms with E-state index in [-0.39, 0.29) is 5.56 Å². The fraction of sp³-hybridized carbons (Fsp3) is 0.0123. The van der Waals surface area contributed by atoms with Gasteiger partial charge in [-0.3, -0.25) is 19.9 Å². The summed E-state index contributed by atoms with van der Waals surface area (Å²) in [6.45, 7) is 2.10. The molecule has 0 aliphatic rings. The molecule has 89 heavy (non-hydrogen) atoms. The second kappa shape index (κ2) is 22.0. The van der Waals surface area contributed by atoms with Gasteiger partial charge in [0.15, 0.2) is 0 Å². The molecule has 0 saturated heterocycles. The van der Waals surface area contributed by atoms with Crippen LogP contribution in [0.2, 0.25) is 0 Å². The van der Waals surface area contributed by atoms with Crippen LogP contribution in [0.25, 0.3) is 156 Å². The molecule has 0 unspecified atom stereocenters. The Morgan fingerprint density at radius 3 is 0.865 bits per heavy atom. The molecule has 8 heteroatoms. The zero-order chi connectivity index (χ0) is 59.5. The Labute approximate surface area is 512 Å². The first-order valence-corrected chi connectivity index (χ1v) is 29.7. The molecule has 0 saturated carbocycles. The number of fused-ring (bicyclic) bond motifs is 6. The van der Waals surface area contributed by atoms with Crippen LogP contribution < -0.4 is 0 Å². The first-order valence-electron chi connectivity index (χ1n) is 29.7. The third kappa shape index (κ3) is 9.51. The lowest BCUT2D eigenvalue weighted by Crippen LogP contribution is -2.05. The highest BCUT2D eigenvalue weighted by molar-refractivity contribution is 6.13. The van der Waals surface area contributed by atoms with E-state index in [1.165, 1.54) is 18.2 Å². The summed E-state index contributed by atoms with van der Waals surface area (Å²) in [5.74, 6) is -1.35. The number of hydrogen-bond donors (Lipinski definition) is 0. The number of pyridine rings is 4. The molecular formula is C81H52F2N6. The van der Waals surface area contributed by atoms with Crippen molar-refractivity contribution in [1.82, 2.24) is 29.1 Å². The van der Waals surface area contributed by atoms with Crippen LogP contribution in [0.1, 0.15) is 5.56 Å². The van der Waals surface area contributed by atoms with Crippen LogP contribution in [0.5, 0.6) is 0 Å². The van der Waals surface area contributed by atoms with E-state index in [9.17, 15) is 0 Å². The van der Waals surface area contributed by atoms with E-state index in [1.807, 2.05) is 128 Å². The number of aromatic nitrogens is 6. The van der Waals surface area contributed by atoms with Crippen LogP contribution in [0.15, 0.2) is 298 Å². The van der Waals surface area contributed by atoms with E-state index in [4.69, 9.17) is 19.9 Å². The van der Waals surface area contributed by atoms with E-state index in [2.05, 4.69) is 168 Å². The van der Waals surface area contributed by atoms with Crippen molar-refractivity contribution in [2.45, 2.75) is 6.92 Å². The summed E-state index contributed by atoms with van der Waals surface area (Å²) in [6, 6.07) is 91.8. The maximum absolute atomic E-state index is 17.3. The minimum absolute atomic E-state index is 0.132. The standard InChI is InChI=1S/C81H52F2N6/c1-51-41-76(89-79-48-58(62-35-39-86-73(44-62)54-19-10-4-11-20-54)27-31-66(79)67-32-28-59(49-80(67)89)63-36-40-87-74(45-63)55-21-12-5-13-22-55)68(81-69(82)23-14-24-70(81)83)50-75(51)88-77-46-56(60-33-37-84-71(42-60)52-15-6-2-7-16-52)25-29-64(77)65-30-26-57(47-78(65)88)61-34-38-85-72(43-61)53-17-8-3-9-18-53/h2-50H,1H3. The molecule has 0 bridgehead atoms. The van der Waals surface area contributed by atoms with E-state index < -0.39 is 11.6 Å². The summed E-state index contributed by atoms with van der Waals surface area (Å²) in [7, 11) is 0. The second-order valence-corrected chi connectivity index (χ2v) is 22.5. The number of nitrogens with zero attached hydrogens (tertiary/aromatic N) is 6. The van der Waals surface area contributed by atoms with Gasteiger partial charge in [-0.15, -0.1) is 0 Å². The maximum atomic E-state index is 17.3. The van der Waals surface area contributed by atoms with Crippen molar-refractivity contribution >= 4 is 43.6 Å². The molecule has 0 aliphatic carbocycles. The van der Waals surface area contributed by atoms with Gasteiger partial charge in [-0.2, -0.15) is 0 Å². The third-order valence-electron chi connectivity index (χ3n) is 17.2. The molecule has 10 aromatic carbocycles. The van der Waals surface area contributed by atoms with Crippen molar-refractivity contribution in [2.75, 3.05) is 0 Å². The number of benzene rings is 10. The van der Waals surface area contributed by atoms with Crippen LogP contribution in [0, 0.1) is 18.6 Å². The first kappa shape index (κ1) is 52.8. The summed E-state index contributed by atoms with van der Waals surface area (Å²) in [5, 5.41) is 4.01. The van der Waals surface area contributed by atoms with Gasteiger partial charge in [-0.1, -0.05) is 176 Å². The summed E-state index contributed by atoms with van der Waals surface area (Å²) in [5.41, 5.74) is 21.4. The van der Waals surface area contributed by atoms with E-state index in [1.54, 1.807) is 0 Å². The molecule has 16 rings (SSSR count). The Kier molecular flexibility index (Phi) is 13.0. The molecular weight excluding hydrogens is 1090 g/mol. The molecule has 6 heterocycles. The van der Waals surface area contributed by atoms with Gasteiger partial charge in [0, 0.05) is 79.8 Å². The van der Waals surface area contributed by atoms with Gasteiger partial charge < -0.3 is 9.13 Å². The van der Waals surface area contributed by atoms with Gasteiger partial charge in [-0.25, -0.2) is 8.78 Å². The van der Waals surface area contributed by atoms with E-state index >= 15 is 8.78 Å². The van der Waals surface area contributed by atoms with Crippen LogP contribution >= 0.6 is 0 Å². The highest BCUT2D eigenvalue weighted by atomic mass is 19.1. The summed E-state index contributed by atoms with van der Waals surface area (Å²) in [4.78, 5) is 19.1. The smallest absolute Gasteiger partial charge is 0.134 e. The van der Waals surface area contributed by atoms with Crippen molar-refractivity contribution in [3.63, 3.8) is 0 Å². The Balaban J connectivity index is 0.964. The highest BCUT2D eigenvalue weighted by Gasteiger charge is 2.25. The van der Waals surface area contributed by atoms with Crippen LogP contribution in [0.3, 0.4) is 0 Å².